The summed E-state index contributed by atoms with van der Waals surface area (Å²) in [6.07, 6.45) is 2.29. The highest BCUT2D eigenvalue weighted by atomic mass is 16.5. The molecule has 0 bridgehead atoms. The van der Waals surface area contributed by atoms with Gasteiger partial charge in [-0.05, 0) is 31.9 Å². The molecule has 0 spiro atoms. The first kappa shape index (κ1) is 17.8. The van der Waals surface area contributed by atoms with Crippen LogP contribution < -0.4 is 5.32 Å². The van der Waals surface area contributed by atoms with E-state index in [1.165, 1.54) is 12.3 Å². The van der Waals surface area contributed by atoms with Gasteiger partial charge in [0.15, 0.2) is 6.10 Å². The molecule has 24 heavy (non-hydrogen) atoms. The molecule has 5 nitrogen and oxygen atoms in total. The van der Waals surface area contributed by atoms with Gasteiger partial charge >= 0.3 is 5.97 Å². The van der Waals surface area contributed by atoms with E-state index in [0.29, 0.717) is 11.3 Å². The number of nitrogens with one attached hydrogen (secondary N) is 1. The molecule has 2 aromatic rings. The van der Waals surface area contributed by atoms with Crippen molar-refractivity contribution >= 4 is 11.9 Å². The Labute approximate surface area is 142 Å². The lowest BCUT2D eigenvalue weighted by molar-refractivity contribution is -0.129. The Bertz CT molecular complexity index is 678. The van der Waals surface area contributed by atoms with Crippen LogP contribution in [0.5, 0.6) is 0 Å². The number of ether oxygens (including phenoxy) is 1. The summed E-state index contributed by atoms with van der Waals surface area (Å²) in [4.78, 5) is 24.4. The molecule has 0 fully saturated rings. The van der Waals surface area contributed by atoms with Crippen molar-refractivity contribution in [3.8, 4) is 0 Å². The molecule has 0 aliphatic rings. The number of benzene rings is 1. The van der Waals surface area contributed by atoms with Crippen LogP contribution in [0.25, 0.3) is 0 Å². The van der Waals surface area contributed by atoms with Gasteiger partial charge in [-0.1, -0.05) is 43.7 Å². The first-order valence-corrected chi connectivity index (χ1v) is 8.13. The zero-order valence-corrected chi connectivity index (χ0v) is 14.2. The molecule has 1 aromatic heterocycles. The number of carbonyl (C=O) groups is 2. The molecule has 1 N–H and O–H groups in total. The number of aryl methyl sites for hydroxylation is 1. The fourth-order valence-corrected chi connectivity index (χ4v) is 2.46. The Morgan fingerprint density at radius 1 is 1.21 bits per heavy atom. The van der Waals surface area contributed by atoms with Crippen LogP contribution in [0.2, 0.25) is 0 Å². The summed E-state index contributed by atoms with van der Waals surface area (Å²) in [7, 11) is 0. The van der Waals surface area contributed by atoms with Gasteiger partial charge in [-0.15, -0.1) is 0 Å². The van der Waals surface area contributed by atoms with E-state index in [-0.39, 0.29) is 11.9 Å². The van der Waals surface area contributed by atoms with Gasteiger partial charge in [0.2, 0.25) is 0 Å². The highest BCUT2D eigenvalue weighted by Gasteiger charge is 2.23. The number of furan rings is 1. The third kappa shape index (κ3) is 4.47. The maximum absolute atomic E-state index is 12.4. The van der Waals surface area contributed by atoms with Crippen LogP contribution in [0.4, 0.5) is 0 Å². The number of hydrogen-bond donors (Lipinski definition) is 1. The summed E-state index contributed by atoms with van der Waals surface area (Å²) < 4.78 is 10.3. The SMILES string of the molecule is CCC[C@H](NC(=O)[C@@H](C)OC(=O)c1ccoc1C)c1ccccc1. The van der Waals surface area contributed by atoms with Crippen LogP contribution in [-0.4, -0.2) is 18.0 Å². The molecule has 1 amide bonds. The first-order chi connectivity index (χ1) is 11.5. The molecule has 0 unspecified atom stereocenters. The summed E-state index contributed by atoms with van der Waals surface area (Å²) in [6, 6.07) is 11.2. The molecule has 2 rings (SSSR count). The predicted molar refractivity (Wildman–Crippen MR) is 90.6 cm³/mol. The van der Waals surface area contributed by atoms with E-state index in [4.69, 9.17) is 9.15 Å². The molecule has 128 valence electrons. The van der Waals surface area contributed by atoms with Crippen LogP contribution in [0.1, 0.15) is 54.4 Å². The van der Waals surface area contributed by atoms with E-state index in [2.05, 4.69) is 12.2 Å². The normalized spacial score (nSPS) is 13.1. The first-order valence-electron chi connectivity index (χ1n) is 8.13. The van der Waals surface area contributed by atoms with Crippen LogP contribution >= 0.6 is 0 Å². The standard InChI is InChI=1S/C19H23NO4/c1-4-8-17(15-9-6-5-7-10-15)20-18(21)14(3)24-19(22)16-11-12-23-13(16)2/h5-7,9-12,14,17H,4,8H2,1-3H3,(H,20,21)/t14-,17+/m1/s1. The van der Waals surface area contributed by atoms with E-state index in [9.17, 15) is 9.59 Å². The highest BCUT2D eigenvalue weighted by Crippen LogP contribution is 2.19. The molecule has 0 saturated carbocycles. The molecular formula is C19H23NO4. The fraction of sp³-hybridized carbons (Fsp3) is 0.368. The summed E-state index contributed by atoms with van der Waals surface area (Å²) in [6.45, 7) is 5.30. The largest absolute Gasteiger partial charge is 0.469 e. The zero-order chi connectivity index (χ0) is 17.5. The Hall–Kier alpha value is -2.56. The van der Waals surface area contributed by atoms with E-state index in [0.717, 1.165) is 18.4 Å². The van der Waals surface area contributed by atoms with Gasteiger partial charge in [-0.25, -0.2) is 4.79 Å². The van der Waals surface area contributed by atoms with Crippen molar-refractivity contribution in [1.82, 2.24) is 5.32 Å². The fourth-order valence-electron chi connectivity index (χ4n) is 2.46. The number of esters is 1. The average molecular weight is 329 g/mol. The molecule has 0 saturated heterocycles. The topological polar surface area (TPSA) is 68.5 Å². The highest BCUT2D eigenvalue weighted by molar-refractivity contribution is 5.93. The van der Waals surface area contributed by atoms with Crippen molar-refractivity contribution in [2.24, 2.45) is 0 Å². The molecule has 5 heteroatoms. The smallest absolute Gasteiger partial charge is 0.342 e. The average Bonchev–Trinajstić information content (AvgIpc) is 3.01. The van der Waals surface area contributed by atoms with Crippen molar-refractivity contribution in [2.45, 2.75) is 45.8 Å². The molecule has 0 radical (unpaired) electrons. The van der Waals surface area contributed by atoms with E-state index >= 15 is 0 Å². The number of hydrogen-bond acceptors (Lipinski definition) is 4. The lowest BCUT2D eigenvalue weighted by Gasteiger charge is -2.21. The van der Waals surface area contributed by atoms with E-state index in [1.54, 1.807) is 13.8 Å². The van der Waals surface area contributed by atoms with Gasteiger partial charge in [0.05, 0.1) is 12.3 Å². The third-order valence-electron chi connectivity index (χ3n) is 3.83. The number of carbonyl (C=O) groups excluding carboxylic acids is 2. The molecule has 1 aromatic carbocycles. The molecular weight excluding hydrogens is 306 g/mol. The van der Waals surface area contributed by atoms with Gasteiger partial charge in [0, 0.05) is 0 Å². The molecule has 2 atom stereocenters. The monoisotopic (exact) mass is 329 g/mol. The quantitative estimate of drug-likeness (QED) is 0.785. The molecule has 0 aliphatic heterocycles. The Kier molecular flexibility index (Phi) is 6.18. The van der Waals surface area contributed by atoms with Gasteiger partial charge in [-0.3, -0.25) is 4.79 Å². The van der Waals surface area contributed by atoms with Crippen molar-refractivity contribution in [1.29, 1.82) is 0 Å². The Morgan fingerprint density at radius 3 is 2.50 bits per heavy atom. The van der Waals surface area contributed by atoms with E-state index in [1.807, 2.05) is 30.3 Å². The van der Waals surface area contributed by atoms with Crippen molar-refractivity contribution in [3.63, 3.8) is 0 Å². The predicted octanol–water partition coefficient (Wildman–Crippen LogP) is 3.79. The summed E-state index contributed by atoms with van der Waals surface area (Å²) >= 11 is 0. The van der Waals surface area contributed by atoms with Gasteiger partial charge < -0.3 is 14.5 Å². The van der Waals surface area contributed by atoms with Crippen LogP contribution in [0.15, 0.2) is 47.1 Å². The molecule has 1 heterocycles. The lowest BCUT2D eigenvalue weighted by atomic mass is 10.0. The molecule has 0 aliphatic carbocycles. The second-order valence-electron chi connectivity index (χ2n) is 5.70. The Morgan fingerprint density at radius 2 is 1.92 bits per heavy atom. The second-order valence-corrected chi connectivity index (χ2v) is 5.70. The van der Waals surface area contributed by atoms with E-state index < -0.39 is 12.1 Å². The van der Waals surface area contributed by atoms with Gasteiger partial charge in [-0.2, -0.15) is 0 Å². The zero-order valence-electron chi connectivity index (χ0n) is 14.2. The summed E-state index contributed by atoms with van der Waals surface area (Å²) in [5, 5.41) is 2.96. The summed E-state index contributed by atoms with van der Waals surface area (Å²) in [5.74, 6) is -0.400. The maximum Gasteiger partial charge on any atom is 0.342 e. The summed E-state index contributed by atoms with van der Waals surface area (Å²) in [5.41, 5.74) is 1.37. The number of amides is 1. The Balaban J connectivity index is 1.99. The van der Waals surface area contributed by atoms with Gasteiger partial charge in [0.25, 0.3) is 5.91 Å². The van der Waals surface area contributed by atoms with Crippen molar-refractivity contribution in [3.05, 3.63) is 59.5 Å². The third-order valence-corrected chi connectivity index (χ3v) is 3.83. The second kappa shape index (κ2) is 8.34. The minimum Gasteiger partial charge on any atom is -0.469 e. The minimum atomic E-state index is -0.880. The van der Waals surface area contributed by atoms with Crippen LogP contribution in [0.3, 0.4) is 0 Å². The lowest BCUT2D eigenvalue weighted by Crippen LogP contribution is -2.38. The van der Waals surface area contributed by atoms with Crippen LogP contribution in [-0.2, 0) is 9.53 Å². The van der Waals surface area contributed by atoms with Gasteiger partial charge in [0.1, 0.15) is 11.3 Å². The van der Waals surface area contributed by atoms with Crippen molar-refractivity contribution in [2.75, 3.05) is 0 Å². The minimum absolute atomic E-state index is 0.0967. The van der Waals surface area contributed by atoms with Crippen LogP contribution in [0, 0.1) is 6.92 Å². The number of rotatable bonds is 7. The van der Waals surface area contributed by atoms with Crippen molar-refractivity contribution < 1.29 is 18.7 Å². The maximum atomic E-state index is 12.4.